The highest BCUT2D eigenvalue weighted by molar-refractivity contribution is 5.82. The van der Waals surface area contributed by atoms with E-state index in [-0.39, 0.29) is 51.7 Å². The summed E-state index contributed by atoms with van der Waals surface area (Å²) < 4.78 is 68.4. The minimum Gasteiger partial charge on any atom is -0.485 e. The van der Waals surface area contributed by atoms with Crippen LogP contribution in [-0.2, 0) is 12.8 Å². The summed E-state index contributed by atoms with van der Waals surface area (Å²) >= 11 is 0. The first-order valence-corrected chi connectivity index (χ1v) is 10.3. The highest BCUT2D eigenvalue weighted by atomic mass is 19.4. The fraction of sp³-hybridized carbons (Fsp3) is 0.0870. The molecule has 188 valence electrons. The number of fused-ring (bicyclic) bond motifs is 1. The van der Waals surface area contributed by atoms with Gasteiger partial charge in [-0.15, -0.1) is 0 Å². The Bertz CT molecular complexity index is 1820. The van der Waals surface area contributed by atoms with E-state index in [0.717, 1.165) is 18.5 Å². The van der Waals surface area contributed by atoms with E-state index >= 15 is 0 Å². The molecular formula is C23H12F4N4O6. The molecule has 10 nitrogen and oxygen atoms in total. The van der Waals surface area contributed by atoms with E-state index in [1.807, 2.05) is 4.98 Å². The Balaban J connectivity index is 1.36. The number of aromatic amines is 2. The average Bonchev–Trinajstić information content (AvgIpc) is 3.32. The van der Waals surface area contributed by atoms with Gasteiger partial charge in [-0.1, -0.05) is 5.16 Å². The van der Waals surface area contributed by atoms with Crippen molar-refractivity contribution in [2.24, 2.45) is 0 Å². The van der Waals surface area contributed by atoms with Crippen LogP contribution < -0.4 is 21.4 Å². The first-order valence-electron chi connectivity index (χ1n) is 10.3. The van der Waals surface area contributed by atoms with Crippen molar-refractivity contribution < 1.29 is 31.2 Å². The van der Waals surface area contributed by atoms with E-state index in [1.165, 1.54) is 18.2 Å². The van der Waals surface area contributed by atoms with Crippen molar-refractivity contribution in [1.82, 2.24) is 20.1 Å². The Morgan fingerprint density at radius 3 is 2.59 bits per heavy atom. The van der Waals surface area contributed by atoms with Gasteiger partial charge in [-0.3, -0.25) is 14.6 Å². The van der Waals surface area contributed by atoms with E-state index in [1.54, 1.807) is 0 Å². The summed E-state index contributed by atoms with van der Waals surface area (Å²) in [7, 11) is 0. The van der Waals surface area contributed by atoms with Gasteiger partial charge in [0, 0.05) is 17.8 Å². The van der Waals surface area contributed by atoms with Crippen molar-refractivity contribution in [2.75, 3.05) is 0 Å². The number of nitrogens with one attached hydrogen (secondary N) is 2. The van der Waals surface area contributed by atoms with Crippen molar-refractivity contribution in [3.8, 4) is 28.3 Å². The summed E-state index contributed by atoms with van der Waals surface area (Å²) in [5.41, 5.74) is -3.49. The topological polar surface area (TPSA) is 144 Å². The van der Waals surface area contributed by atoms with Crippen molar-refractivity contribution in [2.45, 2.75) is 12.8 Å². The van der Waals surface area contributed by atoms with E-state index in [9.17, 15) is 31.9 Å². The molecule has 0 saturated heterocycles. The van der Waals surface area contributed by atoms with Crippen LogP contribution in [0.15, 0.2) is 72.2 Å². The molecule has 0 aliphatic heterocycles. The molecule has 0 fully saturated rings. The number of benzene rings is 2. The third-order valence-corrected chi connectivity index (χ3v) is 5.16. The summed E-state index contributed by atoms with van der Waals surface area (Å²) in [6.07, 6.45) is -2.59. The molecule has 3 heterocycles. The normalized spacial score (nSPS) is 11.7. The minimum atomic E-state index is -4.76. The van der Waals surface area contributed by atoms with Gasteiger partial charge >= 0.3 is 11.9 Å². The van der Waals surface area contributed by atoms with Gasteiger partial charge in [0.2, 0.25) is 11.3 Å². The maximum absolute atomic E-state index is 13.7. The molecule has 5 aromatic rings. The average molecular weight is 516 g/mol. The second-order valence-electron chi connectivity index (χ2n) is 7.65. The van der Waals surface area contributed by atoms with Crippen LogP contribution in [-0.4, -0.2) is 20.1 Å². The molecule has 5 rings (SSSR count). The first-order chi connectivity index (χ1) is 17.6. The van der Waals surface area contributed by atoms with E-state index in [4.69, 9.17) is 13.7 Å². The fourth-order valence-corrected chi connectivity index (χ4v) is 3.45. The van der Waals surface area contributed by atoms with Gasteiger partial charge in [0.15, 0.2) is 6.61 Å². The fourth-order valence-electron chi connectivity index (χ4n) is 3.45. The van der Waals surface area contributed by atoms with Gasteiger partial charge in [0.25, 0.3) is 11.4 Å². The number of alkyl halides is 3. The maximum atomic E-state index is 13.7. The van der Waals surface area contributed by atoms with Gasteiger partial charge in [-0.2, -0.15) is 18.2 Å². The zero-order chi connectivity index (χ0) is 26.3. The van der Waals surface area contributed by atoms with Crippen LogP contribution in [0.25, 0.3) is 33.6 Å². The molecule has 0 spiro atoms. The van der Waals surface area contributed by atoms with Crippen LogP contribution in [0.5, 0.6) is 5.75 Å². The molecule has 0 aliphatic carbocycles. The van der Waals surface area contributed by atoms with E-state index in [2.05, 4.69) is 15.1 Å². The smallest absolute Gasteiger partial charge is 0.416 e. The van der Waals surface area contributed by atoms with Gasteiger partial charge in [0.1, 0.15) is 23.4 Å². The number of ether oxygens (including phenoxy) is 1. The van der Waals surface area contributed by atoms with Crippen molar-refractivity contribution in [3.05, 3.63) is 97.1 Å². The third kappa shape index (κ3) is 4.76. The third-order valence-electron chi connectivity index (χ3n) is 5.16. The monoisotopic (exact) mass is 516 g/mol. The highest BCUT2D eigenvalue weighted by Crippen LogP contribution is 2.33. The standard InChI is InChI=1S/C23H12F4N4O6/c24-12-4-10(3-11(5-12)23(25,26)27)21-29-18(31-37-21)9-35-13-1-2-14-17(6-13)36-8-16(19(14)32)15-7-28-22(34)30-20(15)33/h1-8H,9H2,(H2,28,30,33,34). The van der Waals surface area contributed by atoms with Gasteiger partial charge < -0.3 is 18.7 Å². The summed E-state index contributed by atoms with van der Waals surface area (Å²) in [5.74, 6) is -1.27. The van der Waals surface area contributed by atoms with Gasteiger partial charge in [-0.25, -0.2) is 9.18 Å². The molecular weight excluding hydrogens is 504 g/mol. The zero-order valence-corrected chi connectivity index (χ0v) is 18.2. The Hall–Kier alpha value is -5.01. The number of aromatic nitrogens is 4. The van der Waals surface area contributed by atoms with Crippen LogP contribution in [0.2, 0.25) is 0 Å². The predicted molar refractivity (Wildman–Crippen MR) is 118 cm³/mol. The Morgan fingerprint density at radius 2 is 1.84 bits per heavy atom. The second-order valence-corrected chi connectivity index (χ2v) is 7.65. The highest BCUT2D eigenvalue weighted by Gasteiger charge is 2.32. The number of nitrogens with zero attached hydrogens (tertiary/aromatic N) is 2. The van der Waals surface area contributed by atoms with Gasteiger partial charge in [0.05, 0.1) is 22.1 Å². The molecule has 14 heteroatoms. The van der Waals surface area contributed by atoms with Crippen LogP contribution in [0, 0.1) is 5.82 Å². The molecule has 0 radical (unpaired) electrons. The number of hydrogen-bond donors (Lipinski definition) is 2. The van der Waals surface area contributed by atoms with Crippen LogP contribution in [0.1, 0.15) is 11.4 Å². The maximum Gasteiger partial charge on any atom is 0.416 e. The first kappa shape index (κ1) is 23.7. The van der Waals surface area contributed by atoms with Crippen molar-refractivity contribution >= 4 is 11.0 Å². The van der Waals surface area contributed by atoms with E-state index in [0.29, 0.717) is 12.1 Å². The molecule has 2 aromatic carbocycles. The summed E-state index contributed by atoms with van der Waals surface area (Å²) in [4.78, 5) is 44.3. The number of halogens is 4. The van der Waals surface area contributed by atoms with Crippen LogP contribution in [0.3, 0.4) is 0 Å². The molecule has 0 saturated carbocycles. The molecule has 0 unspecified atom stereocenters. The van der Waals surface area contributed by atoms with Gasteiger partial charge in [-0.05, 0) is 30.3 Å². The molecule has 0 amide bonds. The Morgan fingerprint density at radius 1 is 1.03 bits per heavy atom. The molecule has 0 aliphatic rings. The van der Waals surface area contributed by atoms with Crippen molar-refractivity contribution in [3.63, 3.8) is 0 Å². The number of H-pyrrole nitrogens is 2. The molecule has 0 bridgehead atoms. The molecule has 2 N–H and O–H groups in total. The zero-order valence-electron chi connectivity index (χ0n) is 18.2. The minimum absolute atomic E-state index is 0.0398. The van der Waals surface area contributed by atoms with Crippen LogP contribution in [0.4, 0.5) is 17.6 Å². The summed E-state index contributed by atoms with van der Waals surface area (Å²) in [5, 5.41) is 3.75. The van der Waals surface area contributed by atoms with Crippen molar-refractivity contribution in [1.29, 1.82) is 0 Å². The Kier molecular flexibility index (Phi) is 5.70. The lowest BCUT2D eigenvalue weighted by Gasteiger charge is -2.07. The SMILES string of the molecule is O=c1[nH]cc(-c2coc3cc(OCc4noc(-c5cc(F)cc(C(F)(F)F)c5)n4)ccc3c2=O)c(=O)[nH]1. The summed E-state index contributed by atoms with van der Waals surface area (Å²) in [6.45, 7) is -0.272. The quantitative estimate of drug-likeness (QED) is 0.337. The lowest BCUT2D eigenvalue weighted by molar-refractivity contribution is -0.137. The largest absolute Gasteiger partial charge is 0.485 e. The predicted octanol–water partition coefficient (Wildman–Crippen LogP) is 3.62. The lowest BCUT2D eigenvalue weighted by Crippen LogP contribution is -2.24. The number of rotatable bonds is 5. The van der Waals surface area contributed by atoms with Crippen LogP contribution >= 0.6 is 0 Å². The number of hydrogen-bond acceptors (Lipinski definition) is 8. The van der Waals surface area contributed by atoms with E-state index < -0.39 is 34.2 Å². The molecule has 37 heavy (non-hydrogen) atoms. The summed E-state index contributed by atoms with van der Waals surface area (Å²) in [6, 6.07) is 6.08. The second kappa shape index (κ2) is 8.89. The lowest BCUT2D eigenvalue weighted by atomic mass is 10.1. The molecule has 3 aromatic heterocycles. The molecule has 0 atom stereocenters. The Labute approximate surface area is 201 Å².